The van der Waals surface area contributed by atoms with Crippen LogP contribution in [0.3, 0.4) is 0 Å². The largest absolute Gasteiger partial charge is 0.507 e. The van der Waals surface area contributed by atoms with Crippen LogP contribution in [-0.2, 0) is 0 Å². The highest BCUT2D eigenvalue weighted by Gasteiger charge is 2.13. The van der Waals surface area contributed by atoms with Gasteiger partial charge in [-0.1, -0.05) is 12.1 Å². The second kappa shape index (κ2) is 7.36. The van der Waals surface area contributed by atoms with E-state index < -0.39 is 0 Å². The second-order valence-corrected chi connectivity index (χ2v) is 6.81. The minimum absolute atomic E-state index is 0.00450. The fourth-order valence-corrected chi connectivity index (χ4v) is 3.18. The predicted octanol–water partition coefficient (Wildman–Crippen LogP) is 5.43. The van der Waals surface area contributed by atoms with Crippen LogP contribution >= 0.6 is 15.9 Å². The van der Waals surface area contributed by atoms with E-state index >= 15 is 0 Å². The Hall–Kier alpha value is -3.32. The topological polar surface area (TPSA) is 88.1 Å². The molecule has 0 amide bonds. The normalized spacial score (nSPS) is 11.4. The molecule has 0 saturated carbocycles. The van der Waals surface area contributed by atoms with Crippen LogP contribution in [0.2, 0.25) is 0 Å². The van der Waals surface area contributed by atoms with Gasteiger partial charge in [-0.05, 0) is 52.3 Å². The Morgan fingerprint density at radius 1 is 1.11 bits per heavy atom. The lowest BCUT2D eigenvalue weighted by atomic mass is 10.1. The molecule has 0 bridgehead atoms. The van der Waals surface area contributed by atoms with Gasteiger partial charge in [0.15, 0.2) is 17.1 Å². The number of aliphatic imine (C=N–C) groups is 1. The number of rotatable bonds is 4. The number of nitrogens with zero attached hydrogens (tertiary/aromatic N) is 2. The van der Waals surface area contributed by atoms with E-state index in [2.05, 4.69) is 25.9 Å². The third-order valence-corrected chi connectivity index (χ3v) is 4.89. The molecule has 0 atom stereocenters. The lowest BCUT2D eigenvalue weighted by Gasteiger charge is -2.07. The van der Waals surface area contributed by atoms with E-state index in [1.165, 1.54) is 19.4 Å². The van der Waals surface area contributed by atoms with Gasteiger partial charge < -0.3 is 19.4 Å². The van der Waals surface area contributed by atoms with E-state index in [-0.39, 0.29) is 11.5 Å². The summed E-state index contributed by atoms with van der Waals surface area (Å²) < 4.78 is 11.5. The highest BCUT2D eigenvalue weighted by atomic mass is 79.9. The summed E-state index contributed by atoms with van der Waals surface area (Å²) in [5.41, 5.74) is 2.82. The van der Waals surface area contributed by atoms with Gasteiger partial charge in [0.2, 0.25) is 5.89 Å². The van der Waals surface area contributed by atoms with Gasteiger partial charge in [0.25, 0.3) is 0 Å². The standard InChI is InChI=1S/C21H15BrN2O4/c1-27-19-9-8-15(22)14(20(19)26)11-23-12-6-7-13(17(25)10-12)21-24-16-4-2-3-5-18(16)28-21/h2-11,25-26H,1H3. The van der Waals surface area contributed by atoms with Gasteiger partial charge in [-0.25, -0.2) is 4.98 Å². The molecule has 0 aliphatic heterocycles. The number of hydrogen-bond acceptors (Lipinski definition) is 6. The van der Waals surface area contributed by atoms with Gasteiger partial charge in [0.1, 0.15) is 11.3 Å². The van der Waals surface area contributed by atoms with Crippen LogP contribution in [0.5, 0.6) is 17.2 Å². The van der Waals surface area contributed by atoms with Crippen molar-refractivity contribution in [2.45, 2.75) is 0 Å². The first kappa shape index (κ1) is 18.1. The molecule has 3 aromatic carbocycles. The SMILES string of the molecule is COc1ccc(Br)c(C=Nc2ccc(-c3nc4ccccc4o3)c(O)c2)c1O. The molecular formula is C21H15BrN2O4. The van der Waals surface area contributed by atoms with E-state index in [9.17, 15) is 10.2 Å². The van der Waals surface area contributed by atoms with Crippen LogP contribution in [-0.4, -0.2) is 28.5 Å². The minimum atomic E-state index is -0.0204. The molecule has 0 fully saturated rings. The Balaban J connectivity index is 1.66. The monoisotopic (exact) mass is 438 g/mol. The number of fused-ring (bicyclic) bond motifs is 1. The van der Waals surface area contributed by atoms with Crippen molar-refractivity contribution in [1.29, 1.82) is 0 Å². The first-order valence-corrected chi connectivity index (χ1v) is 9.14. The zero-order valence-electron chi connectivity index (χ0n) is 14.8. The van der Waals surface area contributed by atoms with Gasteiger partial charge >= 0.3 is 0 Å². The van der Waals surface area contributed by atoms with Gasteiger partial charge in [-0.3, -0.25) is 4.99 Å². The fourth-order valence-electron chi connectivity index (χ4n) is 2.76. The maximum atomic E-state index is 10.4. The third-order valence-electron chi connectivity index (χ3n) is 4.20. The molecular weight excluding hydrogens is 424 g/mol. The van der Waals surface area contributed by atoms with Crippen molar-refractivity contribution in [3.05, 3.63) is 64.6 Å². The maximum absolute atomic E-state index is 10.4. The Morgan fingerprint density at radius 3 is 2.68 bits per heavy atom. The van der Waals surface area contributed by atoms with Gasteiger partial charge in [0.05, 0.1) is 23.9 Å². The number of aromatic nitrogens is 1. The molecule has 28 heavy (non-hydrogen) atoms. The molecule has 0 unspecified atom stereocenters. The van der Waals surface area contributed by atoms with E-state index in [4.69, 9.17) is 9.15 Å². The third kappa shape index (κ3) is 3.32. The first-order chi connectivity index (χ1) is 13.6. The smallest absolute Gasteiger partial charge is 0.231 e. The Bertz CT molecular complexity index is 1170. The summed E-state index contributed by atoms with van der Waals surface area (Å²) >= 11 is 3.38. The number of aromatic hydroxyl groups is 2. The van der Waals surface area contributed by atoms with Crippen molar-refractivity contribution in [3.63, 3.8) is 0 Å². The molecule has 7 heteroatoms. The molecule has 0 aliphatic carbocycles. The molecule has 0 saturated heterocycles. The van der Waals surface area contributed by atoms with E-state index in [1.807, 2.05) is 24.3 Å². The molecule has 0 aliphatic rings. The minimum Gasteiger partial charge on any atom is -0.507 e. The fraction of sp³-hybridized carbons (Fsp3) is 0.0476. The Labute approximate surface area is 168 Å². The van der Waals surface area contributed by atoms with Crippen LogP contribution in [0.1, 0.15) is 5.56 Å². The van der Waals surface area contributed by atoms with E-state index in [0.717, 1.165) is 5.52 Å². The number of phenolic OH excluding ortho intramolecular Hbond substituents is 2. The lowest BCUT2D eigenvalue weighted by molar-refractivity contribution is 0.373. The van der Waals surface area contributed by atoms with Crippen molar-refractivity contribution >= 4 is 38.9 Å². The van der Waals surface area contributed by atoms with Crippen LogP contribution in [0.25, 0.3) is 22.6 Å². The molecule has 1 aromatic heterocycles. The highest BCUT2D eigenvalue weighted by molar-refractivity contribution is 9.10. The van der Waals surface area contributed by atoms with Gasteiger partial charge in [-0.15, -0.1) is 0 Å². The molecule has 0 spiro atoms. The van der Waals surface area contributed by atoms with Crippen molar-refractivity contribution in [1.82, 2.24) is 4.98 Å². The first-order valence-electron chi connectivity index (χ1n) is 8.35. The van der Waals surface area contributed by atoms with Gasteiger partial charge in [-0.2, -0.15) is 0 Å². The zero-order chi connectivity index (χ0) is 19.7. The van der Waals surface area contributed by atoms with Crippen molar-refractivity contribution in [2.24, 2.45) is 4.99 Å². The van der Waals surface area contributed by atoms with Crippen LogP contribution in [0.15, 0.2) is 68.5 Å². The molecule has 2 N–H and O–H groups in total. The predicted molar refractivity (Wildman–Crippen MR) is 111 cm³/mol. The number of oxazole rings is 1. The number of halogens is 1. The average molecular weight is 439 g/mol. The molecule has 0 radical (unpaired) electrons. The summed E-state index contributed by atoms with van der Waals surface area (Å²) in [6.45, 7) is 0. The van der Waals surface area contributed by atoms with Crippen LogP contribution in [0.4, 0.5) is 5.69 Å². The molecule has 4 aromatic rings. The van der Waals surface area contributed by atoms with Crippen molar-refractivity contribution in [2.75, 3.05) is 7.11 Å². The summed E-state index contributed by atoms with van der Waals surface area (Å²) in [7, 11) is 1.48. The highest BCUT2D eigenvalue weighted by Crippen LogP contribution is 2.36. The number of para-hydroxylation sites is 2. The summed E-state index contributed by atoms with van der Waals surface area (Å²) in [4.78, 5) is 8.72. The summed E-state index contributed by atoms with van der Waals surface area (Å²) in [5, 5.41) is 20.7. The molecule has 1 heterocycles. The summed E-state index contributed by atoms with van der Waals surface area (Å²) in [6.07, 6.45) is 1.50. The number of methoxy groups -OCH3 is 1. The average Bonchev–Trinajstić information content (AvgIpc) is 3.12. The molecule has 4 rings (SSSR count). The Morgan fingerprint density at radius 2 is 1.93 bits per heavy atom. The Kier molecular flexibility index (Phi) is 4.75. The summed E-state index contributed by atoms with van der Waals surface area (Å²) in [6, 6.07) is 15.7. The molecule has 6 nitrogen and oxygen atoms in total. The van der Waals surface area contributed by atoms with Crippen molar-refractivity contribution < 1.29 is 19.4 Å². The summed E-state index contributed by atoms with van der Waals surface area (Å²) in [5.74, 6) is 0.657. The van der Waals surface area contributed by atoms with Crippen molar-refractivity contribution in [3.8, 4) is 28.7 Å². The number of phenols is 2. The van der Waals surface area contributed by atoms with E-state index in [1.54, 1.807) is 24.3 Å². The van der Waals surface area contributed by atoms with Crippen LogP contribution < -0.4 is 4.74 Å². The second-order valence-electron chi connectivity index (χ2n) is 5.96. The quantitative estimate of drug-likeness (QED) is 0.414. The maximum Gasteiger partial charge on any atom is 0.231 e. The van der Waals surface area contributed by atoms with Gasteiger partial charge in [0, 0.05) is 16.8 Å². The number of benzene rings is 3. The zero-order valence-corrected chi connectivity index (χ0v) is 16.3. The lowest BCUT2D eigenvalue weighted by Crippen LogP contribution is -1.90. The number of hydrogen-bond donors (Lipinski definition) is 2. The molecule has 140 valence electrons. The van der Waals surface area contributed by atoms with E-state index in [0.29, 0.717) is 38.5 Å². The van der Waals surface area contributed by atoms with Crippen LogP contribution in [0, 0.1) is 0 Å². The number of ether oxygens (including phenoxy) is 1.